The lowest BCUT2D eigenvalue weighted by atomic mass is 10.00. The maximum absolute atomic E-state index is 11.7. The SMILES string of the molecule is Cc1cccc(C(C)C)c1Oc1n[nH]c(Cl)cc1=O. The molecule has 2 aromatic rings. The van der Waals surface area contributed by atoms with Crippen LogP contribution in [0.2, 0.25) is 5.15 Å². The van der Waals surface area contributed by atoms with E-state index >= 15 is 0 Å². The first-order chi connectivity index (χ1) is 8.99. The number of H-pyrrole nitrogens is 1. The van der Waals surface area contributed by atoms with E-state index in [-0.39, 0.29) is 16.5 Å². The molecule has 4 nitrogen and oxygen atoms in total. The van der Waals surface area contributed by atoms with Crippen molar-refractivity contribution in [2.75, 3.05) is 0 Å². The molecule has 19 heavy (non-hydrogen) atoms. The summed E-state index contributed by atoms with van der Waals surface area (Å²) in [6.07, 6.45) is 0. The number of nitrogens with one attached hydrogen (secondary N) is 1. The van der Waals surface area contributed by atoms with Gasteiger partial charge in [-0.2, -0.15) is 0 Å². The third-order valence-electron chi connectivity index (χ3n) is 2.80. The van der Waals surface area contributed by atoms with E-state index in [1.54, 1.807) is 0 Å². The Labute approximate surface area is 116 Å². The number of rotatable bonds is 3. The first kappa shape index (κ1) is 13.6. The van der Waals surface area contributed by atoms with Crippen LogP contribution in [-0.4, -0.2) is 10.2 Å². The molecule has 0 aliphatic heterocycles. The van der Waals surface area contributed by atoms with Gasteiger partial charge in [-0.15, -0.1) is 5.10 Å². The second-order valence-electron chi connectivity index (χ2n) is 4.64. The molecule has 1 aromatic heterocycles. The summed E-state index contributed by atoms with van der Waals surface area (Å²) in [6.45, 7) is 6.08. The van der Waals surface area contributed by atoms with E-state index in [0.29, 0.717) is 11.7 Å². The summed E-state index contributed by atoms with van der Waals surface area (Å²) in [5, 5.41) is 6.53. The minimum Gasteiger partial charge on any atom is -0.434 e. The predicted octanol–water partition coefficient (Wildman–Crippen LogP) is 3.65. The molecule has 0 unspecified atom stereocenters. The quantitative estimate of drug-likeness (QED) is 0.932. The van der Waals surface area contributed by atoms with Gasteiger partial charge in [0.15, 0.2) is 0 Å². The van der Waals surface area contributed by atoms with Crippen LogP contribution in [0, 0.1) is 6.92 Å². The van der Waals surface area contributed by atoms with Gasteiger partial charge in [-0.25, -0.2) is 0 Å². The van der Waals surface area contributed by atoms with Crippen LogP contribution < -0.4 is 10.2 Å². The van der Waals surface area contributed by atoms with Crippen molar-refractivity contribution in [3.63, 3.8) is 0 Å². The van der Waals surface area contributed by atoms with Crippen LogP contribution in [0.1, 0.15) is 30.9 Å². The van der Waals surface area contributed by atoms with Crippen molar-refractivity contribution in [3.8, 4) is 11.6 Å². The number of ether oxygens (including phenoxy) is 1. The summed E-state index contributed by atoms with van der Waals surface area (Å²) in [5.74, 6) is 0.972. The van der Waals surface area contributed by atoms with Crippen molar-refractivity contribution in [1.29, 1.82) is 0 Å². The van der Waals surface area contributed by atoms with Gasteiger partial charge in [0.05, 0.1) is 0 Å². The lowest BCUT2D eigenvalue weighted by Crippen LogP contribution is -2.09. The average molecular weight is 279 g/mol. The molecule has 0 aliphatic rings. The van der Waals surface area contributed by atoms with Crippen molar-refractivity contribution in [2.45, 2.75) is 26.7 Å². The van der Waals surface area contributed by atoms with Gasteiger partial charge in [0.25, 0.3) is 5.88 Å². The Kier molecular flexibility index (Phi) is 3.90. The monoisotopic (exact) mass is 278 g/mol. The maximum atomic E-state index is 11.7. The molecule has 0 saturated heterocycles. The van der Waals surface area contributed by atoms with E-state index in [4.69, 9.17) is 16.3 Å². The highest BCUT2D eigenvalue weighted by Gasteiger charge is 2.13. The molecule has 0 atom stereocenters. The van der Waals surface area contributed by atoms with E-state index in [1.807, 2.05) is 25.1 Å². The third-order valence-corrected chi connectivity index (χ3v) is 2.99. The van der Waals surface area contributed by atoms with Gasteiger partial charge < -0.3 is 4.74 Å². The van der Waals surface area contributed by atoms with Gasteiger partial charge in [0.1, 0.15) is 10.9 Å². The molecule has 0 aliphatic carbocycles. The van der Waals surface area contributed by atoms with Crippen LogP contribution in [0.5, 0.6) is 11.6 Å². The third kappa shape index (κ3) is 2.96. The first-order valence-electron chi connectivity index (χ1n) is 6.01. The van der Waals surface area contributed by atoms with Gasteiger partial charge in [-0.1, -0.05) is 43.6 Å². The smallest absolute Gasteiger partial charge is 0.285 e. The van der Waals surface area contributed by atoms with Crippen molar-refractivity contribution in [2.24, 2.45) is 0 Å². The molecule has 0 radical (unpaired) electrons. The summed E-state index contributed by atoms with van der Waals surface area (Å²) < 4.78 is 5.67. The normalized spacial score (nSPS) is 10.8. The first-order valence-corrected chi connectivity index (χ1v) is 6.39. The lowest BCUT2D eigenvalue weighted by Gasteiger charge is -2.15. The van der Waals surface area contributed by atoms with Gasteiger partial charge in [0.2, 0.25) is 5.43 Å². The number of nitrogens with zero attached hydrogens (tertiary/aromatic N) is 1. The highest BCUT2D eigenvalue weighted by atomic mass is 35.5. The molecule has 0 saturated carbocycles. The Morgan fingerprint density at radius 2 is 2.11 bits per heavy atom. The van der Waals surface area contributed by atoms with Crippen LogP contribution in [-0.2, 0) is 0 Å². The second-order valence-corrected chi connectivity index (χ2v) is 5.04. The fourth-order valence-corrected chi connectivity index (χ4v) is 1.95. The summed E-state index contributed by atoms with van der Waals surface area (Å²) in [4.78, 5) is 11.7. The van der Waals surface area contributed by atoms with E-state index < -0.39 is 0 Å². The fourth-order valence-electron chi connectivity index (χ4n) is 1.81. The van der Waals surface area contributed by atoms with Crippen molar-refractivity contribution >= 4 is 11.6 Å². The highest BCUT2D eigenvalue weighted by Crippen LogP contribution is 2.31. The number of halogens is 1. The molecular weight excluding hydrogens is 264 g/mol. The van der Waals surface area contributed by atoms with Crippen LogP contribution in [0.15, 0.2) is 29.1 Å². The van der Waals surface area contributed by atoms with E-state index in [1.165, 1.54) is 6.07 Å². The molecule has 1 heterocycles. The van der Waals surface area contributed by atoms with E-state index in [2.05, 4.69) is 24.0 Å². The van der Waals surface area contributed by atoms with E-state index in [0.717, 1.165) is 11.1 Å². The molecule has 1 aromatic carbocycles. The Hall–Kier alpha value is -1.81. The standard InChI is InChI=1S/C14H15ClN2O2/c1-8(2)10-6-4-5-9(3)13(10)19-14-11(18)7-12(15)16-17-14/h4-8H,1-3H3,(H,16,18). The van der Waals surface area contributed by atoms with Crippen LogP contribution >= 0.6 is 11.6 Å². The van der Waals surface area contributed by atoms with Gasteiger partial charge in [-0.05, 0) is 24.0 Å². The largest absolute Gasteiger partial charge is 0.434 e. The molecule has 5 heteroatoms. The summed E-state index contributed by atoms with van der Waals surface area (Å²) in [6, 6.07) is 7.14. The van der Waals surface area contributed by atoms with Gasteiger partial charge >= 0.3 is 0 Å². The fraction of sp³-hybridized carbons (Fsp3) is 0.286. The minimum atomic E-state index is -0.346. The average Bonchev–Trinajstić information content (AvgIpc) is 2.34. The maximum Gasteiger partial charge on any atom is 0.285 e. The van der Waals surface area contributed by atoms with Crippen molar-refractivity contribution < 1.29 is 4.74 Å². The van der Waals surface area contributed by atoms with Crippen LogP contribution in [0.3, 0.4) is 0 Å². The number of hydrogen-bond acceptors (Lipinski definition) is 3. The van der Waals surface area contributed by atoms with E-state index in [9.17, 15) is 4.79 Å². The molecule has 0 spiro atoms. The Morgan fingerprint density at radius 1 is 1.37 bits per heavy atom. The second kappa shape index (κ2) is 5.45. The Balaban J connectivity index is 2.46. The zero-order chi connectivity index (χ0) is 14.0. The summed E-state index contributed by atoms with van der Waals surface area (Å²) in [7, 11) is 0. The minimum absolute atomic E-state index is 0.000556. The van der Waals surface area contributed by atoms with Crippen LogP contribution in [0.25, 0.3) is 0 Å². The Bertz CT molecular complexity index is 650. The zero-order valence-corrected chi connectivity index (χ0v) is 11.8. The van der Waals surface area contributed by atoms with Crippen LogP contribution in [0.4, 0.5) is 0 Å². The topological polar surface area (TPSA) is 55.0 Å². The van der Waals surface area contributed by atoms with Crippen molar-refractivity contribution in [1.82, 2.24) is 10.2 Å². The number of aryl methyl sites for hydroxylation is 1. The predicted molar refractivity (Wildman–Crippen MR) is 75.2 cm³/mol. The summed E-state index contributed by atoms with van der Waals surface area (Å²) in [5.41, 5.74) is 1.65. The molecular formula is C14H15ClN2O2. The summed E-state index contributed by atoms with van der Waals surface area (Å²) >= 11 is 5.66. The number of benzene rings is 1. The van der Waals surface area contributed by atoms with Gasteiger partial charge in [-0.3, -0.25) is 9.89 Å². The number of para-hydroxylation sites is 1. The molecule has 1 N–H and O–H groups in total. The number of hydrogen-bond donors (Lipinski definition) is 1. The molecule has 0 amide bonds. The molecule has 100 valence electrons. The highest BCUT2D eigenvalue weighted by molar-refractivity contribution is 6.29. The zero-order valence-electron chi connectivity index (χ0n) is 11.0. The van der Waals surface area contributed by atoms with Gasteiger partial charge in [0, 0.05) is 6.07 Å². The molecule has 0 fully saturated rings. The number of aromatic nitrogens is 2. The Morgan fingerprint density at radius 3 is 2.74 bits per heavy atom. The molecule has 0 bridgehead atoms. The number of aromatic amines is 1. The van der Waals surface area contributed by atoms with Crippen molar-refractivity contribution in [3.05, 3.63) is 50.8 Å². The lowest BCUT2D eigenvalue weighted by molar-refractivity contribution is 0.439. The molecule has 2 rings (SSSR count).